The number of carboxylic acids is 1. The molecule has 0 unspecified atom stereocenters. The summed E-state index contributed by atoms with van der Waals surface area (Å²) < 4.78 is 5.30. The van der Waals surface area contributed by atoms with Gasteiger partial charge in [0, 0.05) is 12.2 Å². The highest BCUT2D eigenvalue weighted by atomic mass is 16.5. The standard InChI is InChI=1S/C28H32O5/c1-20(2)9-13-24-17-23(11-15-26(29)30)18-25(28(24)32)14-10-21(3)19-33-27(31)16-12-22-7-5-4-6-8-22/h4-5,7,9-12,15-18,32H,6,8,13-14,19H2,1-3H3,(H,29,30)/b15-11+,16-12?,21-10+. The Kier molecular flexibility index (Phi) is 10.2. The van der Waals surface area contributed by atoms with Crippen molar-refractivity contribution < 1.29 is 24.5 Å². The minimum atomic E-state index is -1.03. The van der Waals surface area contributed by atoms with Gasteiger partial charge in [0.05, 0.1) is 0 Å². The van der Waals surface area contributed by atoms with E-state index in [0.29, 0.717) is 24.0 Å². The molecule has 1 aromatic carbocycles. The second-order valence-corrected chi connectivity index (χ2v) is 8.25. The van der Waals surface area contributed by atoms with E-state index in [-0.39, 0.29) is 12.4 Å². The summed E-state index contributed by atoms with van der Waals surface area (Å²) in [6, 6.07) is 3.56. The number of phenols is 1. The monoisotopic (exact) mass is 448 g/mol. The van der Waals surface area contributed by atoms with Crippen molar-refractivity contribution in [3.05, 3.63) is 94.2 Å². The fourth-order valence-corrected chi connectivity index (χ4v) is 3.19. The van der Waals surface area contributed by atoms with E-state index in [2.05, 4.69) is 6.08 Å². The first kappa shape index (κ1) is 25.7. The molecule has 0 saturated carbocycles. The van der Waals surface area contributed by atoms with Gasteiger partial charge in [-0.3, -0.25) is 0 Å². The first-order valence-electron chi connectivity index (χ1n) is 11.0. The van der Waals surface area contributed by atoms with Crippen LogP contribution in [0.5, 0.6) is 5.75 Å². The van der Waals surface area contributed by atoms with Crippen LogP contribution in [0.4, 0.5) is 0 Å². The van der Waals surface area contributed by atoms with Crippen LogP contribution >= 0.6 is 0 Å². The molecule has 174 valence electrons. The van der Waals surface area contributed by atoms with Crippen molar-refractivity contribution in [1.82, 2.24) is 0 Å². The van der Waals surface area contributed by atoms with E-state index in [1.807, 2.05) is 45.1 Å². The van der Waals surface area contributed by atoms with Gasteiger partial charge in [0.25, 0.3) is 0 Å². The number of carbonyl (C=O) groups is 2. The lowest BCUT2D eigenvalue weighted by molar-refractivity contribution is -0.136. The van der Waals surface area contributed by atoms with Crippen LogP contribution in [0.1, 0.15) is 50.3 Å². The van der Waals surface area contributed by atoms with Crippen molar-refractivity contribution in [2.45, 2.75) is 46.5 Å². The summed E-state index contributed by atoms with van der Waals surface area (Å²) in [6.07, 6.45) is 18.7. The van der Waals surface area contributed by atoms with Gasteiger partial charge in [-0.1, -0.05) is 42.0 Å². The molecular weight excluding hydrogens is 416 g/mol. The highest BCUT2D eigenvalue weighted by molar-refractivity contribution is 5.85. The summed E-state index contributed by atoms with van der Waals surface area (Å²) in [5.41, 5.74) is 5.20. The SMILES string of the molecule is CC(C)=CCc1cc(/C=C/C(=O)O)cc(C/C=C(\C)COC(=O)C=CC2=CC=CCC2)c1O. The van der Waals surface area contributed by atoms with Crippen LogP contribution in [0.15, 0.2) is 77.5 Å². The number of phenolic OH excluding ortho intramolecular Hbond substituents is 1. The maximum absolute atomic E-state index is 12.0. The summed E-state index contributed by atoms with van der Waals surface area (Å²) in [6.45, 7) is 5.99. The number of hydrogen-bond donors (Lipinski definition) is 2. The number of aliphatic carboxylic acids is 1. The molecule has 2 rings (SSSR count). The average Bonchev–Trinajstić information content (AvgIpc) is 2.79. The molecule has 0 bridgehead atoms. The van der Waals surface area contributed by atoms with Gasteiger partial charge in [-0.05, 0) is 92.5 Å². The molecule has 1 aliphatic rings. The van der Waals surface area contributed by atoms with Crippen LogP contribution < -0.4 is 0 Å². The number of ether oxygens (including phenoxy) is 1. The molecule has 5 heteroatoms. The van der Waals surface area contributed by atoms with Crippen LogP contribution in [0, 0.1) is 0 Å². The molecule has 0 radical (unpaired) electrons. The highest BCUT2D eigenvalue weighted by Gasteiger charge is 2.09. The lowest BCUT2D eigenvalue weighted by atomic mass is 9.98. The molecule has 0 atom stereocenters. The minimum Gasteiger partial charge on any atom is -0.507 e. The second-order valence-electron chi connectivity index (χ2n) is 8.25. The molecule has 0 amide bonds. The maximum Gasteiger partial charge on any atom is 0.331 e. The Hall–Kier alpha value is -3.60. The van der Waals surface area contributed by atoms with E-state index in [1.165, 1.54) is 12.2 Å². The molecule has 5 nitrogen and oxygen atoms in total. The summed E-state index contributed by atoms with van der Waals surface area (Å²) in [5, 5.41) is 19.7. The van der Waals surface area contributed by atoms with E-state index in [9.17, 15) is 14.7 Å². The largest absolute Gasteiger partial charge is 0.507 e. The third-order valence-corrected chi connectivity index (χ3v) is 5.03. The summed E-state index contributed by atoms with van der Waals surface area (Å²) in [4.78, 5) is 22.9. The van der Waals surface area contributed by atoms with E-state index in [0.717, 1.165) is 41.2 Å². The van der Waals surface area contributed by atoms with Gasteiger partial charge in [-0.15, -0.1) is 0 Å². The van der Waals surface area contributed by atoms with Gasteiger partial charge >= 0.3 is 11.9 Å². The first-order chi connectivity index (χ1) is 15.7. The zero-order valence-corrected chi connectivity index (χ0v) is 19.5. The number of aromatic hydroxyl groups is 1. The number of carboxylic acid groups (broad SMARTS) is 1. The minimum absolute atomic E-state index is 0.159. The predicted octanol–water partition coefficient (Wildman–Crippen LogP) is 5.86. The van der Waals surface area contributed by atoms with Gasteiger partial charge in [-0.2, -0.15) is 0 Å². The average molecular weight is 449 g/mol. The molecule has 0 spiro atoms. The molecule has 1 aliphatic carbocycles. The van der Waals surface area contributed by atoms with Gasteiger partial charge in [0.1, 0.15) is 12.4 Å². The Morgan fingerprint density at radius 2 is 1.73 bits per heavy atom. The van der Waals surface area contributed by atoms with E-state index in [1.54, 1.807) is 18.2 Å². The summed E-state index contributed by atoms with van der Waals surface area (Å²) in [5.74, 6) is -1.23. The molecule has 2 N–H and O–H groups in total. The Morgan fingerprint density at radius 1 is 1.03 bits per heavy atom. The van der Waals surface area contributed by atoms with Crippen LogP contribution in [0.2, 0.25) is 0 Å². The fraction of sp³-hybridized carbons (Fsp3) is 0.286. The van der Waals surface area contributed by atoms with Crippen LogP contribution in [-0.4, -0.2) is 28.8 Å². The Labute approximate surface area is 195 Å². The van der Waals surface area contributed by atoms with Crippen LogP contribution in [0.25, 0.3) is 6.08 Å². The fourth-order valence-electron chi connectivity index (χ4n) is 3.19. The highest BCUT2D eigenvalue weighted by Crippen LogP contribution is 2.27. The van der Waals surface area contributed by atoms with Crippen molar-refractivity contribution >= 4 is 18.0 Å². The first-order valence-corrected chi connectivity index (χ1v) is 11.0. The number of carbonyl (C=O) groups excluding carboxylic acids is 1. The number of benzene rings is 1. The Balaban J connectivity index is 2.07. The van der Waals surface area contributed by atoms with Gasteiger partial charge in [0.2, 0.25) is 0 Å². The van der Waals surface area contributed by atoms with Crippen LogP contribution in [0.3, 0.4) is 0 Å². The van der Waals surface area contributed by atoms with Gasteiger partial charge in [-0.25, -0.2) is 9.59 Å². The number of allylic oxidation sites excluding steroid dienone is 8. The Morgan fingerprint density at radius 3 is 2.33 bits per heavy atom. The second kappa shape index (κ2) is 13.1. The lowest BCUT2D eigenvalue weighted by Crippen LogP contribution is -2.04. The molecule has 0 fully saturated rings. The topological polar surface area (TPSA) is 83.8 Å². The third kappa shape index (κ3) is 9.60. The molecule has 0 aliphatic heterocycles. The van der Waals surface area contributed by atoms with E-state index >= 15 is 0 Å². The van der Waals surface area contributed by atoms with Crippen molar-refractivity contribution in [3.8, 4) is 5.75 Å². The maximum atomic E-state index is 12.0. The zero-order valence-electron chi connectivity index (χ0n) is 19.5. The third-order valence-electron chi connectivity index (χ3n) is 5.03. The molecule has 1 aromatic rings. The number of hydrogen-bond acceptors (Lipinski definition) is 4. The van der Waals surface area contributed by atoms with E-state index < -0.39 is 11.9 Å². The number of rotatable bonds is 10. The predicted molar refractivity (Wildman–Crippen MR) is 132 cm³/mol. The molecule has 0 heterocycles. The summed E-state index contributed by atoms with van der Waals surface area (Å²) >= 11 is 0. The van der Waals surface area contributed by atoms with E-state index in [4.69, 9.17) is 9.84 Å². The molecule has 33 heavy (non-hydrogen) atoms. The van der Waals surface area contributed by atoms with Gasteiger partial charge < -0.3 is 14.9 Å². The number of esters is 1. The smallest absolute Gasteiger partial charge is 0.331 e. The van der Waals surface area contributed by atoms with Crippen molar-refractivity contribution in [2.75, 3.05) is 6.61 Å². The van der Waals surface area contributed by atoms with Gasteiger partial charge in [0.15, 0.2) is 0 Å². The molecule has 0 saturated heterocycles. The quantitative estimate of drug-likeness (QED) is 0.266. The van der Waals surface area contributed by atoms with Crippen LogP contribution in [-0.2, 0) is 27.2 Å². The lowest BCUT2D eigenvalue weighted by Gasteiger charge is -2.11. The Bertz CT molecular complexity index is 1040. The molecule has 0 aromatic heterocycles. The van der Waals surface area contributed by atoms with Crippen molar-refractivity contribution in [2.24, 2.45) is 0 Å². The van der Waals surface area contributed by atoms with Crippen molar-refractivity contribution in [1.29, 1.82) is 0 Å². The summed E-state index contributed by atoms with van der Waals surface area (Å²) in [7, 11) is 0. The molecular formula is C28H32O5. The zero-order chi connectivity index (χ0) is 24.2. The van der Waals surface area contributed by atoms with Crippen molar-refractivity contribution in [3.63, 3.8) is 0 Å². The normalized spacial score (nSPS) is 13.9.